The number of ketones is 1. The maximum absolute atomic E-state index is 13.1. The third-order valence-corrected chi connectivity index (χ3v) is 2.64. The molecular formula is C12H9FN2O4. The molecule has 1 aromatic carbocycles. The second-order valence-corrected chi connectivity index (χ2v) is 3.99. The van der Waals surface area contributed by atoms with Gasteiger partial charge >= 0.3 is 6.03 Å². The van der Waals surface area contributed by atoms with Crippen molar-refractivity contribution < 1.29 is 23.6 Å². The van der Waals surface area contributed by atoms with Crippen LogP contribution in [0.3, 0.4) is 0 Å². The summed E-state index contributed by atoms with van der Waals surface area (Å²) in [4.78, 5) is 46.9. The molecule has 0 spiro atoms. The summed E-state index contributed by atoms with van der Waals surface area (Å²) in [5, 5.41) is 1.89. The fraction of sp³-hybridized carbons (Fsp3) is 0.167. The maximum Gasteiger partial charge on any atom is 0.335 e. The molecule has 98 valence electrons. The number of amides is 4. The van der Waals surface area contributed by atoms with Gasteiger partial charge in [0.15, 0.2) is 11.7 Å². The van der Waals surface area contributed by atoms with Crippen molar-refractivity contribution in [2.45, 2.75) is 6.92 Å². The number of rotatable bonds is 2. The van der Waals surface area contributed by atoms with E-state index < -0.39 is 35.4 Å². The van der Waals surface area contributed by atoms with Crippen molar-refractivity contribution in [3.63, 3.8) is 0 Å². The van der Waals surface area contributed by atoms with Crippen LogP contribution in [0.2, 0.25) is 0 Å². The van der Waals surface area contributed by atoms with Crippen molar-refractivity contribution in [1.29, 1.82) is 0 Å². The zero-order valence-corrected chi connectivity index (χ0v) is 9.84. The minimum atomic E-state index is -1.58. The number of nitrogens with one attached hydrogen (secondary N) is 1. The van der Waals surface area contributed by atoms with E-state index >= 15 is 0 Å². The van der Waals surface area contributed by atoms with Crippen molar-refractivity contribution >= 4 is 29.3 Å². The predicted molar refractivity (Wildman–Crippen MR) is 61.6 cm³/mol. The number of nitrogens with zero attached hydrogens (tertiary/aromatic N) is 1. The molecule has 1 saturated heterocycles. The predicted octanol–water partition coefficient (Wildman–Crippen LogP) is 0.614. The second kappa shape index (κ2) is 4.60. The van der Waals surface area contributed by atoms with Crippen LogP contribution in [0.4, 0.5) is 14.9 Å². The highest BCUT2D eigenvalue weighted by molar-refractivity contribution is 6.34. The Morgan fingerprint density at radius 1 is 1.32 bits per heavy atom. The molecule has 6 nitrogen and oxygen atoms in total. The topological polar surface area (TPSA) is 83.6 Å². The Balaban J connectivity index is 2.44. The first-order valence-corrected chi connectivity index (χ1v) is 5.36. The largest absolute Gasteiger partial charge is 0.335 e. The first kappa shape index (κ1) is 12.9. The molecule has 1 atom stereocenters. The fourth-order valence-electron chi connectivity index (χ4n) is 1.79. The smallest absolute Gasteiger partial charge is 0.299 e. The molecule has 7 heteroatoms. The molecule has 1 N–H and O–H groups in total. The molecule has 0 radical (unpaired) electrons. The van der Waals surface area contributed by atoms with E-state index in [1.165, 1.54) is 12.1 Å². The van der Waals surface area contributed by atoms with E-state index in [0.717, 1.165) is 19.1 Å². The van der Waals surface area contributed by atoms with E-state index in [1.54, 1.807) is 0 Å². The standard InChI is InChI=1S/C12H9FN2O4/c1-6(16)9-10(17)14-12(19)15(11(9)18)8-4-2-3-7(13)5-8/h2-5,9H,1H3,(H,14,17,19)/t9-/m0/s1. The summed E-state index contributed by atoms with van der Waals surface area (Å²) in [6.45, 7) is 1.07. The van der Waals surface area contributed by atoms with Crippen LogP contribution in [0.5, 0.6) is 0 Å². The summed E-state index contributed by atoms with van der Waals surface area (Å²) in [6, 6.07) is 3.74. The van der Waals surface area contributed by atoms with Crippen molar-refractivity contribution in [2.75, 3.05) is 4.90 Å². The number of carbonyl (C=O) groups excluding carboxylic acids is 4. The Bertz CT molecular complexity index is 599. The molecule has 19 heavy (non-hydrogen) atoms. The molecule has 4 amide bonds. The molecule has 0 saturated carbocycles. The van der Waals surface area contributed by atoms with Crippen molar-refractivity contribution in [1.82, 2.24) is 5.32 Å². The monoisotopic (exact) mass is 264 g/mol. The molecule has 0 bridgehead atoms. The number of benzene rings is 1. The van der Waals surface area contributed by atoms with Gasteiger partial charge in [-0.15, -0.1) is 0 Å². The van der Waals surface area contributed by atoms with Crippen LogP contribution in [-0.4, -0.2) is 23.6 Å². The number of hydrogen-bond acceptors (Lipinski definition) is 4. The van der Waals surface area contributed by atoms with Crippen LogP contribution in [0, 0.1) is 11.7 Å². The Kier molecular flexibility index (Phi) is 3.12. The minimum absolute atomic E-state index is 0.0405. The van der Waals surface area contributed by atoms with Gasteiger partial charge in [-0.2, -0.15) is 0 Å². The third kappa shape index (κ3) is 2.22. The Morgan fingerprint density at radius 3 is 2.58 bits per heavy atom. The molecule has 1 fully saturated rings. The molecule has 2 rings (SSSR count). The second-order valence-electron chi connectivity index (χ2n) is 3.99. The SMILES string of the molecule is CC(=O)[C@H]1C(=O)NC(=O)N(c2cccc(F)c2)C1=O. The highest BCUT2D eigenvalue weighted by Crippen LogP contribution is 2.21. The van der Waals surface area contributed by atoms with Gasteiger partial charge in [-0.1, -0.05) is 6.07 Å². The van der Waals surface area contributed by atoms with Crippen LogP contribution in [-0.2, 0) is 14.4 Å². The average molecular weight is 264 g/mol. The van der Waals surface area contributed by atoms with E-state index in [1.807, 2.05) is 5.32 Å². The number of carbonyl (C=O) groups is 4. The Morgan fingerprint density at radius 2 is 2.00 bits per heavy atom. The van der Waals surface area contributed by atoms with Crippen LogP contribution in [0.1, 0.15) is 6.92 Å². The number of imide groups is 2. The van der Waals surface area contributed by atoms with E-state index in [4.69, 9.17) is 0 Å². The normalized spacial score (nSPS) is 19.4. The summed E-state index contributed by atoms with van der Waals surface area (Å²) in [7, 11) is 0. The van der Waals surface area contributed by atoms with Crippen molar-refractivity contribution in [3.8, 4) is 0 Å². The number of urea groups is 1. The van der Waals surface area contributed by atoms with E-state index in [-0.39, 0.29) is 5.69 Å². The van der Waals surface area contributed by atoms with Gasteiger partial charge in [0.25, 0.3) is 5.91 Å². The van der Waals surface area contributed by atoms with Crippen LogP contribution in [0.25, 0.3) is 0 Å². The van der Waals surface area contributed by atoms with Gasteiger partial charge < -0.3 is 0 Å². The van der Waals surface area contributed by atoms with E-state index in [9.17, 15) is 23.6 Å². The molecule has 0 unspecified atom stereocenters. The Labute approximate surface area is 107 Å². The molecule has 0 aliphatic carbocycles. The van der Waals surface area contributed by atoms with Gasteiger partial charge in [0.1, 0.15) is 5.82 Å². The fourth-order valence-corrected chi connectivity index (χ4v) is 1.79. The van der Waals surface area contributed by atoms with Gasteiger partial charge in [0.05, 0.1) is 5.69 Å². The van der Waals surface area contributed by atoms with E-state index in [2.05, 4.69) is 0 Å². The van der Waals surface area contributed by atoms with Crippen LogP contribution >= 0.6 is 0 Å². The maximum atomic E-state index is 13.1. The van der Waals surface area contributed by atoms with Gasteiger partial charge in [0.2, 0.25) is 5.91 Å². The molecule has 1 aromatic rings. The molecule has 1 aliphatic heterocycles. The highest BCUT2D eigenvalue weighted by Gasteiger charge is 2.43. The summed E-state index contributed by atoms with van der Waals surface area (Å²) in [6.07, 6.45) is 0. The lowest BCUT2D eigenvalue weighted by atomic mass is 10.0. The summed E-state index contributed by atoms with van der Waals surface area (Å²) < 4.78 is 13.1. The average Bonchev–Trinajstić information content (AvgIpc) is 2.27. The molecule has 0 aromatic heterocycles. The quantitative estimate of drug-likeness (QED) is 0.793. The number of anilines is 1. The summed E-state index contributed by atoms with van der Waals surface area (Å²) in [5.74, 6) is -4.85. The number of hydrogen-bond donors (Lipinski definition) is 1. The number of halogens is 1. The lowest BCUT2D eigenvalue weighted by Crippen LogP contribution is -2.60. The van der Waals surface area contributed by atoms with Gasteiger partial charge in [-0.05, 0) is 25.1 Å². The number of barbiturate groups is 1. The van der Waals surface area contributed by atoms with Gasteiger partial charge in [0, 0.05) is 0 Å². The lowest BCUT2D eigenvalue weighted by molar-refractivity contribution is -0.140. The zero-order chi connectivity index (χ0) is 14.2. The van der Waals surface area contributed by atoms with Gasteiger partial charge in [-0.3, -0.25) is 19.7 Å². The first-order valence-electron chi connectivity index (χ1n) is 5.36. The van der Waals surface area contributed by atoms with Gasteiger partial charge in [-0.25, -0.2) is 14.1 Å². The molecule has 1 heterocycles. The van der Waals surface area contributed by atoms with Crippen molar-refractivity contribution in [3.05, 3.63) is 30.1 Å². The highest BCUT2D eigenvalue weighted by atomic mass is 19.1. The van der Waals surface area contributed by atoms with E-state index in [0.29, 0.717) is 4.90 Å². The zero-order valence-electron chi connectivity index (χ0n) is 9.84. The minimum Gasteiger partial charge on any atom is -0.299 e. The first-order chi connectivity index (χ1) is 8.91. The lowest BCUT2D eigenvalue weighted by Gasteiger charge is -2.28. The third-order valence-electron chi connectivity index (χ3n) is 2.64. The summed E-state index contributed by atoms with van der Waals surface area (Å²) in [5.41, 5.74) is -0.0405. The summed E-state index contributed by atoms with van der Waals surface area (Å²) >= 11 is 0. The molecular weight excluding hydrogens is 255 g/mol. The Hall–Kier alpha value is -2.57. The number of Topliss-reactive ketones (excluding diaryl/α,β-unsaturated/α-hetero) is 1. The van der Waals surface area contributed by atoms with Crippen molar-refractivity contribution in [2.24, 2.45) is 5.92 Å². The van der Waals surface area contributed by atoms with Crippen LogP contribution < -0.4 is 10.2 Å². The molecule has 1 aliphatic rings. The van der Waals surface area contributed by atoms with Crippen LogP contribution in [0.15, 0.2) is 24.3 Å².